The number of amides is 2. The molecule has 0 radical (unpaired) electrons. The number of pyridine rings is 1. The highest BCUT2D eigenvalue weighted by Crippen LogP contribution is 2.42. The van der Waals surface area contributed by atoms with Gasteiger partial charge < -0.3 is 31.3 Å². The molecule has 5 heterocycles. The van der Waals surface area contributed by atoms with Crippen molar-refractivity contribution in [3.63, 3.8) is 0 Å². The van der Waals surface area contributed by atoms with Crippen molar-refractivity contribution in [2.75, 3.05) is 23.0 Å². The highest BCUT2D eigenvalue weighted by molar-refractivity contribution is 8.03. The zero-order valence-electron chi connectivity index (χ0n) is 22.4. The molecule has 3 aromatic rings. The third-order valence-electron chi connectivity index (χ3n) is 6.00. The van der Waals surface area contributed by atoms with Crippen molar-refractivity contribution in [3.8, 4) is 5.75 Å². The number of carbonyl (C=O) groups excluding carboxylic acids is 2. The number of nitrogens with zero attached hydrogens (tertiary/aromatic N) is 6. The van der Waals surface area contributed by atoms with Gasteiger partial charge in [0.2, 0.25) is 5.43 Å². The fourth-order valence-corrected chi connectivity index (χ4v) is 8.97. The van der Waals surface area contributed by atoms with Crippen LogP contribution >= 0.6 is 58.0 Å². The molecule has 3 aromatic heterocycles. The first-order valence-electron chi connectivity index (χ1n) is 12.4. The molecule has 0 saturated carbocycles. The maximum absolute atomic E-state index is 13.3. The van der Waals surface area contributed by atoms with Gasteiger partial charge >= 0.3 is 5.97 Å². The molecule has 232 valence electrons. The highest BCUT2D eigenvalue weighted by atomic mass is 32.2. The summed E-state index contributed by atoms with van der Waals surface area (Å²) in [6.07, 6.45) is 0.776. The molecule has 21 heteroatoms. The molecular formula is C23H22N8O8S5. The molecule has 1 saturated heterocycles. The van der Waals surface area contributed by atoms with Gasteiger partial charge in [0.15, 0.2) is 31.9 Å². The van der Waals surface area contributed by atoms with E-state index in [1.54, 1.807) is 11.8 Å². The van der Waals surface area contributed by atoms with Crippen LogP contribution in [0.25, 0.3) is 0 Å². The number of aromatic hydroxyl groups is 1. The van der Waals surface area contributed by atoms with Gasteiger partial charge in [-0.1, -0.05) is 46.9 Å². The van der Waals surface area contributed by atoms with Gasteiger partial charge in [-0.2, -0.15) is 4.73 Å². The van der Waals surface area contributed by atoms with Gasteiger partial charge in [-0.15, -0.1) is 33.3 Å². The number of nitrogens with one attached hydrogen (secondary N) is 1. The highest BCUT2D eigenvalue weighted by Gasteiger charge is 2.54. The van der Waals surface area contributed by atoms with Crippen LogP contribution < -0.4 is 16.5 Å². The Hall–Kier alpha value is -3.79. The number of anilines is 1. The number of carboxylic acid groups (broad SMARTS) is 1. The number of rotatable bonds is 12. The molecule has 0 unspecified atom stereocenters. The van der Waals surface area contributed by atoms with E-state index in [0.29, 0.717) is 26.1 Å². The Morgan fingerprint density at radius 3 is 2.70 bits per heavy atom. The van der Waals surface area contributed by atoms with Gasteiger partial charge in [-0.3, -0.25) is 19.3 Å². The Kier molecular flexibility index (Phi) is 9.68. The maximum Gasteiger partial charge on any atom is 0.352 e. The lowest BCUT2D eigenvalue weighted by Crippen LogP contribution is -2.71. The minimum absolute atomic E-state index is 0.0413. The lowest BCUT2D eigenvalue weighted by atomic mass is 10.0. The number of thiazole rings is 1. The summed E-state index contributed by atoms with van der Waals surface area (Å²) in [6, 6.07) is -0.140. The van der Waals surface area contributed by atoms with Crippen LogP contribution in [0.3, 0.4) is 0 Å². The van der Waals surface area contributed by atoms with E-state index in [1.165, 1.54) is 40.2 Å². The van der Waals surface area contributed by atoms with Gasteiger partial charge in [0, 0.05) is 23.0 Å². The molecule has 0 bridgehead atoms. The summed E-state index contributed by atoms with van der Waals surface area (Å²) < 4.78 is 1.97. The molecule has 44 heavy (non-hydrogen) atoms. The van der Waals surface area contributed by atoms with E-state index in [4.69, 9.17) is 10.6 Å². The summed E-state index contributed by atoms with van der Waals surface area (Å²) in [5, 5.41) is 44.8. The number of thioether (sulfide) groups is 3. The van der Waals surface area contributed by atoms with Crippen LogP contribution in [-0.2, 0) is 25.8 Å². The topological polar surface area (TPSA) is 235 Å². The number of hydrogen-bond donors (Lipinski definition) is 5. The minimum Gasteiger partial charge on any atom is -0.503 e. The van der Waals surface area contributed by atoms with Crippen LogP contribution in [0.5, 0.6) is 5.75 Å². The van der Waals surface area contributed by atoms with E-state index >= 15 is 0 Å². The molecule has 2 atom stereocenters. The summed E-state index contributed by atoms with van der Waals surface area (Å²) in [4.78, 5) is 60.8. The number of nitrogen functional groups attached to an aromatic ring is 1. The standard InChI is InChI=1S/C23H22N8O8S5/c1-2-40-22-27-28-23(44-22)43-7-9-6-41-19-15(18(35)31(19)16(9)20(36)37)26-17(34)14(11-8-42-21(24)25-11)29-39-5-10-3-12(32)13(33)4-30(10)38/h3-4,8,15,19,33,38H,2,5-7H2,1H3,(H2,24,25)(H,26,34)(H,36,37)/t15-,19-/m1/s1. The fraction of sp³-hybridized carbons (Fsp3) is 0.304. The van der Waals surface area contributed by atoms with Crippen LogP contribution in [0.1, 0.15) is 18.3 Å². The minimum atomic E-state index is -1.26. The number of aromatic nitrogens is 4. The summed E-state index contributed by atoms with van der Waals surface area (Å²) in [5.41, 5.74) is 4.99. The van der Waals surface area contributed by atoms with Crippen molar-refractivity contribution in [2.45, 2.75) is 33.6 Å². The quantitative estimate of drug-likeness (QED) is 0.0588. The Balaban J connectivity index is 1.29. The third kappa shape index (κ3) is 6.65. The molecule has 2 aliphatic heterocycles. The lowest BCUT2D eigenvalue weighted by Gasteiger charge is -2.49. The number of oxime groups is 1. The first-order valence-corrected chi connectivity index (χ1v) is 17.1. The van der Waals surface area contributed by atoms with E-state index in [-0.39, 0.29) is 27.9 Å². The van der Waals surface area contributed by atoms with Crippen LogP contribution in [-0.4, -0.2) is 92.4 Å². The molecule has 16 nitrogen and oxygen atoms in total. The van der Waals surface area contributed by atoms with Crippen LogP contribution in [0.4, 0.5) is 5.13 Å². The molecule has 1 fully saturated rings. The number of fused-ring (bicyclic) bond motifs is 1. The monoisotopic (exact) mass is 698 g/mol. The van der Waals surface area contributed by atoms with Crippen LogP contribution in [0.2, 0.25) is 0 Å². The van der Waals surface area contributed by atoms with E-state index in [9.17, 15) is 34.6 Å². The van der Waals surface area contributed by atoms with Gasteiger partial charge in [-0.25, -0.2) is 9.78 Å². The molecule has 0 spiro atoms. The Morgan fingerprint density at radius 2 is 2.02 bits per heavy atom. The fourth-order valence-electron chi connectivity index (χ4n) is 4.02. The summed E-state index contributed by atoms with van der Waals surface area (Å²) >= 11 is 6.66. The lowest BCUT2D eigenvalue weighted by molar-refractivity contribution is -0.150. The number of nitrogens with two attached hydrogens (primary N) is 1. The Bertz CT molecular complexity index is 1740. The zero-order chi connectivity index (χ0) is 31.5. The number of carboxylic acids is 1. The molecule has 2 aliphatic rings. The number of aliphatic carboxylic acids is 1. The third-order valence-corrected chi connectivity index (χ3v) is 11.2. The molecule has 2 amide bonds. The average Bonchev–Trinajstić information content (AvgIpc) is 3.63. The second kappa shape index (κ2) is 13.5. The van der Waals surface area contributed by atoms with Crippen molar-refractivity contribution >= 4 is 86.6 Å². The molecular weight excluding hydrogens is 677 g/mol. The van der Waals surface area contributed by atoms with Crippen molar-refractivity contribution in [1.29, 1.82) is 0 Å². The second-order valence-corrected chi connectivity index (χ2v) is 14.5. The van der Waals surface area contributed by atoms with Crippen molar-refractivity contribution < 1.29 is 34.6 Å². The van der Waals surface area contributed by atoms with Gasteiger partial charge in [0.25, 0.3) is 11.8 Å². The normalized spacial score (nSPS) is 18.2. The molecule has 0 aromatic carbocycles. The number of carbonyl (C=O) groups is 3. The predicted molar refractivity (Wildman–Crippen MR) is 164 cm³/mol. The molecule has 6 N–H and O–H groups in total. The smallest absolute Gasteiger partial charge is 0.352 e. The largest absolute Gasteiger partial charge is 0.503 e. The van der Waals surface area contributed by atoms with E-state index in [1.807, 2.05) is 6.92 Å². The van der Waals surface area contributed by atoms with Crippen molar-refractivity contribution in [3.05, 3.63) is 50.5 Å². The maximum atomic E-state index is 13.3. The van der Waals surface area contributed by atoms with Crippen LogP contribution in [0, 0.1) is 0 Å². The molecule has 5 rings (SSSR count). The Labute approximate surface area is 268 Å². The van der Waals surface area contributed by atoms with E-state index in [2.05, 4.69) is 25.7 Å². The Morgan fingerprint density at radius 1 is 1.27 bits per heavy atom. The van der Waals surface area contributed by atoms with E-state index in [0.717, 1.165) is 38.6 Å². The summed E-state index contributed by atoms with van der Waals surface area (Å²) in [7, 11) is 0. The van der Waals surface area contributed by atoms with Gasteiger partial charge in [0.05, 0.1) is 6.20 Å². The van der Waals surface area contributed by atoms with Crippen molar-refractivity contribution in [1.82, 2.24) is 30.1 Å². The SMILES string of the molecule is CCSc1nnc(SCC2=C(C(=O)O)N3C(=O)[C@@H](NC(=O)C(=NOCc4cc(=O)c(O)cn4O)c4csc(N)n4)[C@H]3SC2)s1. The predicted octanol–water partition coefficient (Wildman–Crippen LogP) is 1.25. The number of β-lactam (4-membered cyclic amide) rings is 1. The first kappa shape index (κ1) is 31.6. The van der Waals surface area contributed by atoms with E-state index < -0.39 is 47.0 Å². The van der Waals surface area contributed by atoms with Crippen LogP contribution in [0.15, 0.2) is 47.5 Å². The van der Waals surface area contributed by atoms with Gasteiger partial charge in [0.1, 0.15) is 28.5 Å². The molecule has 0 aliphatic carbocycles. The first-order chi connectivity index (χ1) is 21.1. The summed E-state index contributed by atoms with van der Waals surface area (Å²) in [5.74, 6) is -1.93. The summed E-state index contributed by atoms with van der Waals surface area (Å²) in [6.45, 7) is 1.53. The zero-order valence-corrected chi connectivity index (χ0v) is 26.5. The van der Waals surface area contributed by atoms with Crippen molar-refractivity contribution in [2.24, 2.45) is 5.16 Å². The van der Waals surface area contributed by atoms with Gasteiger partial charge in [-0.05, 0) is 11.3 Å². The second-order valence-electron chi connectivity index (χ2n) is 8.82. The average molecular weight is 699 g/mol. The number of hydrogen-bond acceptors (Lipinski definition) is 17.